The zero-order valence-corrected chi connectivity index (χ0v) is 25.7. The number of Topliss-reactive ketones (excluding diaryl/α,β-unsaturated/α-hetero) is 1. The van der Waals surface area contributed by atoms with Crippen molar-refractivity contribution in [2.24, 2.45) is 23.7 Å². The molecule has 1 aliphatic heterocycles. The number of carboxylic acid groups (broad SMARTS) is 1. The molecule has 2 amide bonds. The van der Waals surface area contributed by atoms with E-state index in [0.717, 1.165) is 10.5 Å². The minimum atomic E-state index is -1.40. The number of fused-ring (bicyclic) bond motifs is 4. The van der Waals surface area contributed by atoms with Crippen LogP contribution < -0.4 is 4.74 Å². The summed E-state index contributed by atoms with van der Waals surface area (Å²) in [6.07, 6.45) is 3.41. The number of phenols is 1. The van der Waals surface area contributed by atoms with Crippen LogP contribution in [0.1, 0.15) is 41.9 Å². The molecule has 0 aromatic heterocycles. The van der Waals surface area contributed by atoms with Crippen LogP contribution >= 0.6 is 0 Å². The molecule has 238 valence electrons. The predicted molar refractivity (Wildman–Crippen MR) is 170 cm³/mol. The Morgan fingerprint density at radius 1 is 0.936 bits per heavy atom. The Labute approximate surface area is 271 Å². The van der Waals surface area contributed by atoms with E-state index in [-0.39, 0.29) is 48.9 Å². The summed E-state index contributed by atoms with van der Waals surface area (Å²) in [7, 11) is 1.43. The quantitative estimate of drug-likeness (QED) is 0.283. The number of imide groups is 1. The van der Waals surface area contributed by atoms with E-state index in [4.69, 9.17) is 4.74 Å². The number of carbonyl (C=O) groups excluding carboxylic acids is 4. The predicted octanol–water partition coefficient (Wildman–Crippen LogP) is 4.70. The number of hydrogen-bond acceptors (Lipinski definition) is 7. The first kappa shape index (κ1) is 30.3. The molecular weight excluding hydrogens is 598 g/mol. The summed E-state index contributed by atoms with van der Waals surface area (Å²) >= 11 is 0. The highest BCUT2D eigenvalue weighted by Gasteiger charge is 2.65. The van der Waals surface area contributed by atoms with Crippen LogP contribution in [0.4, 0.5) is 0 Å². The molecule has 6 atom stereocenters. The molecule has 0 spiro atoms. The van der Waals surface area contributed by atoms with Gasteiger partial charge in [0.1, 0.15) is 0 Å². The molecule has 2 N–H and O–H groups in total. The number of carbonyl (C=O) groups is 5. The molecular formula is C38H33NO8. The number of ether oxygens (including phenoxy) is 1. The molecule has 1 heterocycles. The van der Waals surface area contributed by atoms with E-state index in [0.29, 0.717) is 22.3 Å². The van der Waals surface area contributed by atoms with Crippen LogP contribution in [0, 0.1) is 23.7 Å². The van der Waals surface area contributed by atoms with Crippen molar-refractivity contribution < 1.29 is 38.9 Å². The van der Waals surface area contributed by atoms with Gasteiger partial charge in [-0.05, 0) is 53.7 Å². The minimum Gasteiger partial charge on any atom is -0.504 e. The van der Waals surface area contributed by atoms with Crippen molar-refractivity contribution in [3.8, 4) is 11.5 Å². The molecule has 6 unspecified atom stereocenters. The first-order valence-electron chi connectivity index (χ1n) is 15.7. The van der Waals surface area contributed by atoms with Crippen LogP contribution in [0.3, 0.4) is 0 Å². The highest BCUT2D eigenvalue weighted by molar-refractivity contribution is 6.31. The zero-order chi connectivity index (χ0) is 33.0. The van der Waals surface area contributed by atoms with Gasteiger partial charge >= 0.3 is 5.97 Å². The maximum absolute atomic E-state index is 15.0. The molecule has 9 heteroatoms. The third-order valence-electron chi connectivity index (χ3n) is 10.6. The number of rotatable bonds is 7. The van der Waals surface area contributed by atoms with Gasteiger partial charge in [0.2, 0.25) is 11.8 Å². The molecule has 0 radical (unpaired) electrons. The Morgan fingerprint density at radius 2 is 1.64 bits per heavy atom. The average Bonchev–Trinajstić information content (AvgIpc) is 3.33. The monoisotopic (exact) mass is 631 g/mol. The number of likely N-dealkylation sites (tertiary alicyclic amines) is 1. The van der Waals surface area contributed by atoms with Gasteiger partial charge < -0.3 is 14.9 Å². The van der Waals surface area contributed by atoms with Crippen molar-refractivity contribution in [3.63, 3.8) is 0 Å². The number of phenolic OH excluding ortho intramolecular Hbond substituents is 1. The van der Waals surface area contributed by atoms with E-state index < -0.39 is 52.8 Å². The number of methoxy groups -OCH3 is 1. The van der Waals surface area contributed by atoms with E-state index in [1.54, 1.807) is 36.4 Å². The van der Waals surface area contributed by atoms with Gasteiger partial charge in [-0.3, -0.25) is 28.9 Å². The van der Waals surface area contributed by atoms with Gasteiger partial charge in [-0.1, -0.05) is 78.4 Å². The van der Waals surface area contributed by atoms with Crippen LogP contribution in [0.2, 0.25) is 0 Å². The average molecular weight is 632 g/mol. The van der Waals surface area contributed by atoms with Crippen LogP contribution in [0.15, 0.2) is 96.6 Å². The molecule has 4 aliphatic rings. The molecule has 47 heavy (non-hydrogen) atoms. The number of ketones is 2. The Morgan fingerprint density at radius 3 is 2.32 bits per heavy atom. The smallest absolute Gasteiger partial charge is 0.305 e. The van der Waals surface area contributed by atoms with E-state index >= 15 is 0 Å². The zero-order valence-electron chi connectivity index (χ0n) is 25.7. The Hall–Kier alpha value is -5.31. The van der Waals surface area contributed by atoms with Crippen molar-refractivity contribution in [3.05, 3.63) is 113 Å². The van der Waals surface area contributed by atoms with Gasteiger partial charge in [0.25, 0.3) is 0 Å². The second-order valence-electron chi connectivity index (χ2n) is 12.7. The summed E-state index contributed by atoms with van der Waals surface area (Å²) in [5.74, 6) is -6.05. The lowest BCUT2D eigenvalue weighted by Gasteiger charge is -2.55. The van der Waals surface area contributed by atoms with E-state index in [9.17, 15) is 34.2 Å². The second kappa shape index (κ2) is 11.5. The van der Waals surface area contributed by atoms with Crippen molar-refractivity contribution >= 4 is 34.9 Å². The lowest BCUT2D eigenvalue weighted by molar-refractivity contribution is -0.142. The van der Waals surface area contributed by atoms with Crippen LogP contribution in [0.25, 0.3) is 5.57 Å². The fraction of sp³-hybridized carbons (Fsp3) is 0.289. The molecule has 1 saturated heterocycles. The molecule has 3 aromatic carbocycles. The highest BCUT2D eigenvalue weighted by atomic mass is 16.5. The summed E-state index contributed by atoms with van der Waals surface area (Å²) in [5.41, 5.74) is 1.57. The number of benzene rings is 3. The van der Waals surface area contributed by atoms with Gasteiger partial charge in [-0.15, -0.1) is 0 Å². The maximum Gasteiger partial charge on any atom is 0.305 e. The van der Waals surface area contributed by atoms with Gasteiger partial charge in [-0.25, -0.2) is 0 Å². The molecule has 1 saturated carbocycles. The van der Waals surface area contributed by atoms with Crippen molar-refractivity contribution in [1.82, 2.24) is 4.90 Å². The van der Waals surface area contributed by atoms with Crippen LogP contribution in [-0.4, -0.2) is 58.1 Å². The Bertz CT molecular complexity index is 1880. The Kier molecular flexibility index (Phi) is 7.42. The summed E-state index contributed by atoms with van der Waals surface area (Å²) in [6, 6.07) is 23.1. The van der Waals surface area contributed by atoms with E-state index in [1.807, 2.05) is 42.5 Å². The fourth-order valence-corrected chi connectivity index (χ4v) is 8.62. The number of allylic oxidation sites excluding steroid dienone is 4. The first-order chi connectivity index (χ1) is 22.7. The lowest BCUT2D eigenvalue weighted by Crippen LogP contribution is -2.58. The summed E-state index contributed by atoms with van der Waals surface area (Å²) in [4.78, 5) is 69.8. The standard InChI is InChI=1S/C38H33NO8/c1-47-30-18-22(12-15-29(30)40)34-24-13-14-25-33(37(46)39(36(25)45)17-16-32(42)43)27(24)19-28-35(44)26(21-8-4-2-5-9-21)20-31(41)38(28,34)23-10-6-3-7-11-23/h2-13,15,18,20,25,27-28,33-34,40H,14,16-17,19H2,1H3,(H,42,43). The van der Waals surface area contributed by atoms with E-state index in [1.165, 1.54) is 19.3 Å². The van der Waals surface area contributed by atoms with Gasteiger partial charge in [0, 0.05) is 24.0 Å². The number of aromatic hydroxyl groups is 1. The number of hydrogen-bond donors (Lipinski definition) is 2. The third-order valence-corrected chi connectivity index (χ3v) is 10.6. The molecule has 3 aromatic rings. The van der Waals surface area contributed by atoms with Gasteiger partial charge in [0.15, 0.2) is 23.1 Å². The molecule has 9 nitrogen and oxygen atoms in total. The van der Waals surface area contributed by atoms with E-state index in [2.05, 4.69) is 0 Å². The van der Waals surface area contributed by atoms with Gasteiger partial charge in [-0.2, -0.15) is 0 Å². The summed E-state index contributed by atoms with van der Waals surface area (Å²) in [5, 5.41) is 19.8. The normalized spacial score (nSPS) is 28.2. The molecule has 0 bridgehead atoms. The number of nitrogens with zero attached hydrogens (tertiary/aromatic N) is 1. The lowest BCUT2D eigenvalue weighted by atomic mass is 9.44. The second-order valence-corrected chi connectivity index (χ2v) is 12.7. The number of aliphatic carboxylic acids is 1. The first-order valence-corrected chi connectivity index (χ1v) is 15.7. The highest BCUT2D eigenvalue weighted by Crippen LogP contribution is 2.64. The summed E-state index contributed by atoms with van der Waals surface area (Å²) < 4.78 is 5.48. The Balaban J connectivity index is 1.47. The van der Waals surface area contributed by atoms with Crippen molar-refractivity contribution in [1.29, 1.82) is 0 Å². The third kappa shape index (κ3) is 4.55. The maximum atomic E-state index is 15.0. The molecule has 2 fully saturated rings. The number of carboxylic acids is 1. The van der Waals surface area contributed by atoms with Gasteiger partial charge in [0.05, 0.1) is 30.8 Å². The van der Waals surface area contributed by atoms with Crippen molar-refractivity contribution in [2.45, 2.75) is 30.6 Å². The topological polar surface area (TPSA) is 138 Å². The van der Waals surface area contributed by atoms with Crippen LogP contribution in [0.5, 0.6) is 11.5 Å². The summed E-state index contributed by atoms with van der Waals surface area (Å²) in [6.45, 7) is -0.226. The molecule has 7 rings (SSSR count). The largest absolute Gasteiger partial charge is 0.504 e. The molecule has 3 aliphatic carbocycles. The number of amides is 2. The SMILES string of the molecule is COc1cc(C2C3=CCC4C(=O)N(CCC(=O)O)C(=O)C4C3CC3C(=O)C(c4ccccc4)=CC(=O)C32c2ccccc2)ccc1O. The van der Waals surface area contributed by atoms with Crippen molar-refractivity contribution in [2.75, 3.05) is 13.7 Å². The van der Waals surface area contributed by atoms with Crippen LogP contribution in [-0.2, 0) is 29.4 Å². The fourth-order valence-electron chi connectivity index (χ4n) is 8.62. The minimum absolute atomic E-state index is 0.0884.